The Morgan fingerprint density at radius 3 is 0.784 bits per heavy atom. The van der Waals surface area contributed by atoms with Crippen molar-refractivity contribution in [3.8, 4) is 0 Å². The predicted octanol–water partition coefficient (Wildman–Crippen LogP) is 28.4. The van der Waals surface area contributed by atoms with Gasteiger partial charge >= 0.3 is 11.9 Å². The van der Waals surface area contributed by atoms with Gasteiger partial charge in [0.1, 0.15) is 19.8 Å². The van der Waals surface area contributed by atoms with Crippen LogP contribution in [0.15, 0.2) is 134 Å². The van der Waals surface area contributed by atoms with Gasteiger partial charge in [0.15, 0.2) is 6.10 Å². The van der Waals surface area contributed by atoms with Crippen LogP contribution >= 0.6 is 7.82 Å². The lowest BCUT2D eigenvalue weighted by atomic mass is 10.0. The lowest BCUT2D eigenvalue weighted by Gasteiger charge is -2.28. The lowest BCUT2D eigenvalue weighted by molar-refractivity contribution is -0.870. The maximum atomic E-state index is 12.9. The quantitative estimate of drug-likeness (QED) is 0.0195. The molecule has 0 saturated heterocycles. The summed E-state index contributed by atoms with van der Waals surface area (Å²) in [6.07, 6.45) is 119. The van der Waals surface area contributed by atoms with Crippen LogP contribution in [0.4, 0.5) is 0 Å². The van der Waals surface area contributed by atoms with Crippen LogP contribution in [0.2, 0.25) is 0 Å². The topological polar surface area (TPSA) is 111 Å². The molecule has 0 aliphatic rings. The van der Waals surface area contributed by atoms with Crippen molar-refractivity contribution in [2.24, 2.45) is 0 Å². The fraction of sp³-hybridized carbons (Fsp3) is 0.739. The SMILES string of the molecule is CC/C=C\C/C=C\C/C=C\C/C=C\C/C=C\C/C=C\C/C=C\CCCCCCCCCCCCCCCCCCCCCC(=O)OC(COC(=O)CCCCCCCCCCCCCCCCCCCCCCCCCC/C=C\C/C=C\C/C=C\C/C=C\CC)COP(=O)([O-])OCC[N+](C)(C)C. The molecule has 0 amide bonds. The van der Waals surface area contributed by atoms with Crippen molar-refractivity contribution in [3.05, 3.63) is 134 Å². The molecule has 102 heavy (non-hydrogen) atoms. The number of unbranched alkanes of at least 4 members (excludes halogenated alkanes) is 43. The molecule has 0 aromatic heterocycles. The van der Waals surface area contributed by atoms with Crippen LogP contribution in [0.3, 0.4) is 0 Å². The van der Waals surface area contributed by atoms with Crippen LogP contribution in [0, 0.1) is 0 Å². The summed E-state index contributed by atoms with van der Waals surface area (Å²) in [5.74, 6) is -0.817. The second-order valence-corrected chi connectivity index (χ2v) is 31.2. The normalized spacial score (nSPS) is 13.7. The van der Waals surface area contributed by atoms with Gasteiger partial charge in [-0.15, -0.1) is 0 Å². The smallest absolute Gasteiger partial charge is 0.306 e. The third-order valence-corrected chi connectivity index (χ3v) is 19.6. The van der Waals surface area contributed by atoms with E-state index in [0.29, 0.717) is 17.4 Å². The molecule has 0 aliphatic carbocycles. The number of likely N-dealkylation sites (N-methyl/N-ethyl adjacent to an activating group) is 1. The van der Waals surface area contributed by atoms with E-state index in [0.717, 1.165) is 109 Å². The Labute approximate surface area is 631 Å². The number of allylic oxidation sites excluding steroid dienone is 22. The number of esters is 2. The van der Waals surface area contributed by atoms with E-state index < -0.39 is 26.5 Å². The van der Waals surface area contributed by atoms with Crippen LogP contribution in [-0.4, -0.2) is 70.0 Å². The van der Waals surface area contributed by atoms with Gasteiger partial charge in [-0.05, 0) is 109 Å². The van der Waals surface area contributed by atoms with Gasteiger partial charge in [0.2, 0.25) is 0 Å². The third-order valence-electron chi connectivity index (χ3n) is 18.7. The first-order valence-corrected chi connectivity index (χ1v) is 44.4. The van der Waals surface area contributed by atoms with Crippen molar-refractivity contribution in [3.63, 3.8) is 0 Å². The monoisotopic (exact) mass is 1440 g/mol. The van der Waals surface area contributed by atoms with Gasteiger partial charge in [-0.25, -0.2) is 0 Å². The molecule has 0 bridgehead atoms. The summed E-state index contributed by atoms with van der Waals surface area (Å²) in [6, 6.07) is 0. The first kappa shape index (κ1) is 98.2. The zero-order valence-corrected chi connectivity index (χ0v) is 68.2. The highest BCUT2D eigenvalue weighted by Crippen LogP contribution is 2.38. The summed E-state index contributed by atoms with van der Waals surface area (Å²) in [7, 11) is 1.18. The first-order chi connectivity index (χ1) is 50.0. The predicted molar refractivity (Wildman–Crippen MR) is 443 cm³/mol. The molecule has 0 spiro atoms. The summed E-state index contributed by atoms with van der Waals surface area (Å²) < 4.78 is 34.5. The first-order valence-electron chi connectivity index (χ1n) is 42.9. The molecule has 0 aliphatic heterocycles. The maximum Gasteiger partial charge on any atom is 0.306 e. The summed E-state index contributed by atoms with van der Waals surface area (Å²) >= 11 is 0. The summed E-state index contributed by atoms with van der Waals surface area (Å²) in [5.41, 5.74) is 0. The van der Waals surface area contributed by atoms with E-state index in [-0.39, 0.29) is 32.0 Å². The standard InChI is InChI=1S/C92H162NO8P/c1-6-8-10-12-14-16-18-20-22-24-26-28-30-32-34-36-38-40-42-44-45-46-47-49-51-53-55-57-59-61-63-65-67-69-71-73-75-77-79-81-83-85-92(95)101-90(89-100-102(96,97)99-87-86-93(3,4)5)88-98-91(94)84-82-80-78-76-74-72-70-68-66-64-62-60-58-56-54-52-50-48-43-41-39-37-35-33-31-29-27-25-23-21-19-17-15-13-11-9-7-2/h8-11,14-17,20-23,26-29,32,34,38,40,44-45,90H,6-7,12-13,18-19,24-25,30-31,33,35-37,39,41-43,46-89H2,1-5H3/b10-8-,11-9-,16-14-,17-15-,22-20-,23-21-,28-26-,29-27-,34-32-,40-38-,45-44-. The number of ether oxygens (including phenoxy) is 2. The van der Waals surface area contributed by atoms with Crippen LogP contribution in [-0.2, 0) is 32.7 Å². The van der Waals surface area contributed by atoms with E-state index in [4.69, 9.17) is 18.5 Å². The fourth-order valence-corrected chi connectivity index (χ4v) is 13.0. The number of phosphoric acid groups is 1. The Hall–Kier alpha value is -3.85. The Morgan fingerprint density at radius 1 is 0.304 bits per heavy atom. The molecule has 588 valence electrons. The summed E-state index contributed by atoms with van der Waals surface area (Å²) in [5, 5.41) is 0. The van der Waals surface area contributed by atoms with Crippen molar-refractivity contribution in [1.29, 1.82) is 0 Å². The molecule has 0 fully saturated rings. The molecule has 2 atom stereocenters. The van der Waals surface area contributed by atoms with Crippen molar-refractivity contribution < 1.29 is 42.1 Å². The molecule has 0 heterocycles. The van der Waals surface area contributed by atoms with Crippen LogP contribution in [0.25, 0.3) is 0 Å². The molecule has 0 N–H and O–H groups in total. The van der Waals surface area contributed by atoms with E-state index in [2.05, 4.69) is 148 Å². The molecular weight excluding hydrogens is 1280 g/mol. The number of hydrogen-bond donors (Lipinski definition) is 0. The molecule has 0 aromatic carbocycles. The second-order valence-electron chi connectivity index (χ2n) is 29.8. The Morgan fingerprint density at radius 2 is 0.529 bits per heavy atom. The lowest BCUT2D eigenvalue weighted by Crippen LogP contribution is -2.37. The van der Waals surface area contributed by atoms with Gasteiger partial charge < -0.3 is 27.9 Å². The molecule has 9 nitrogen and oxygen atoms in total. The Bertz CT molecular complexity index is 2190. The minimum Gasteiger partial charge on any atom is -0.756 e. The van der Waals surface area contributed by atoms with Gasteiger partial charge in [0.25, 0.3) is 7.82 Å². The van der Waals surface area contributed by atoms with E-state index in [9.17, 15) is 19.0 Å². The van der Waals surface area contributed by atoms with Gasteiger partial charge in [-0.1, -0.05) is 398 Å². The third kappa shape index (κ3) is 85.1. The number of carbonyl (C=O) groups is 2. The highest BCUT2D eigenvalue weighted by Gasteiger charge is 2.22. The highest BCUT2D eigenvalue weighted by atomic mass is 31.2. The number of quaternary nitrogens is 1. The summed E-state index contributed by atoms with van der Waals surface area (Å²) in [4.78, 5) is 38.3. The van der Waals surface area contributed by atoms with Crippen LogP contribution in [0.5, 0.6) is 0 Å². The van der Waals surface area contributed by atoms with E-state index >= 15 is 0 Å². The van der Waals surface area contributed by atoms with Gasteiger partial charge in [-0.3, -0.25) is 14.2 Å². The molecule has 0 saturated carbocycles. The van der Waals surface area contributed by atoms with Gasteiger partial charge in [-0.2, -0.15) is 0 Å². The van der Waals surface area contributed by atoms with Crippen molar-refractivity contribution in [1.82, 2.24) is 0 Å². The molecule has 0 rings (SSSR count). The minimum atomic E-state index is -4.65. The largest absolute Gasteiger partial charge is 0.756 e. The minimum absolute atomic E-state index is 0.0317. The molecule has 2 unspecified atom stereocenters. The number of hydrogen-bond acceptors (Lipinski definition) is 8. The zero-order chi connectivity index (χ0) is 74.0. The van der Waals surface area contributed by atoms with E-state index in [1.165, 1.54) is 244 Å². The van der Waals surface area contributed by atoms with Crippen molar-refractivity contribution in [2.45, 2.75) is 392 Å². The van der Waals surface area contributed by atoms with Gasteiger partial charge in [0.05, 0.1) is 27.7 Å². The van der Waals surface area contributed by atoms with Crippen molar-refractivity contribution in [2.75, 3.05) is 47.5 Å². The Balaban J connectivity index is 3.91. The molecular formula is C92H162NO8P. The average Bonchev–Trinajstić information content (AvgIpc) is 0.916. The molecule has 0 aromatic rings. The van der Waals surface area contributed by atoms with Crippen LogP contribution < -0.4 is 4.89 Å². The highest BCUT2D eigenvalue weighted by molar-refractivity contribution is 7.45. The maximum absolute atomic E-state index is 12.9. The molecule has 0 radical (unpaired) electrons. The number of carbonyl (C=O) groups excluding carboxylic acids is 2. The zero-order valence-electron chi connectivity index (χ0n) is 67.3. The number of rotatable bonds is 79. The fourth-order valence-electron chi connectivity index (χ4n) is 12.2. The second kappa shape index (κ2) is 81.2. The van der Waals surface area contributed by atoms with Crippen molar-refractivity contribution >= 4 is 19.8 Å². The summed E-state index contributed by atoms with van der Waals surface area (Å²) in [6.45, 7) is 4.06. The van der Waals surface area contributed by atoms with E-state index in [1.54, 1.807) is 0 Å². The average molecular weight is 1440 g/mol. The number of nitrogens with zero attached hydrogens (tertiary/aromatic N) is 1. The molecule has 10 heteroatoms. The van der Waals surface area contributed by atoms with E-state index in [1.807, 2.05) is 21.1 Å². The van der Waals surface area contributed by atoms with Gasteiger partial charge in [0, 0.05) is 12.8 Å². The number of phosphoric ester groups is 1. The Kier molecular flexibility index (Phi) is 78.2. The van der Waals surface area contributed by atoms with Crippen LogP contribution in [0.1, 0.15) is 386 Å².